The van der Waals surface area contributed by atoms with Gasteiger partial charge in [0.15, 0.2) is 0 Å². The molecule has 19 heavy (non-hydrogen) atoms. The minimum absolute atomic E-state index is 0.0980. The van der Waals surface area contributed by atoms with Crippen molar-refractivity contribution in [2.45, 2.75) is 26.2 Å². The number of halogens is 1. The van der Waals surface area contributed by atoms with Crippen molar-refractivity contribution in [2.75, 3.05) is 6.61 Å². The second-order valence-corrected chi connectivity index (χ2v) is 5.50. The summed E-state index contributed by atoms with van der Waals surface area (Å²) in [7, 11) is 0. The second kappa shape index (κ2) is 6.23. The topological polar surface area (TPSA) is 20.2 Å². The van der Waals surface area contributed by atoms with E-state index in [4.69, 9.17) is 11.6 Å². The van der Waals surface area contributed by atoms with Gasteiger partial charge < -0.3 is 5.11 Å². The minimum atomic E-state index is 0.0980. The molecule has 2 heteroatoms. The van der Waals surface area contributed by atoms with E-state index in [1.165, 1.54) is 5.56 Å². The Morgan fingerprint density at radius 2 is 1.63 bits per heavy atom. The molecule has 1 N–H and O–H groups in total. The highest BCUT2D eigenvalue weighted by atomic mass is 35.5. The zero-order valence-electron chi connectivity index (χ0n) is 11.4. The van der Waals surface area contributed by atoms with Crippen molar-refractivity contribution in [1.29, 1.82) is 0 Å². The highest BCUT2D eigenvalue weighted by Gasteiger charge is 2.13. The molecule has 1 unspecified atom stereocenters. The molecule has 1 nitrogen and oxygen atoms in total. The Balaban J connectivity index is 2.21. The van der Waals surface area contributed by atoms with E-state index in [0.717, 1.165) is 28.1 Å². The van der Waals surface area contributed by atoms with Crippen molar-refractivity contribution in [2.24, 2.45) is 0 Å². The van der Waals surface area contributed by atoms with Crippen LogP contribution in [0.1, 0.15) is 28.2 Å². The van der Waals surface area contributed by atoms with Crippen LogP contribution < -0.4 is 0 Å². The molecule has 0 bridgehead atoms. The monoisotopic (exact) mass is 274 g/mol. The van der Waals surface area contributed by atoms with Crippen molar-refractivity contribution in [3.63, 3.8) is 0 Å². The molecule has 0 aromatic heterocycles. The van der Waals surface area contributed by atoms with E-state index in [0.29, 0.717) is 0 Å². The summed E-state index contributed by atoms with van der Waals surface area (Å²) in [5.41, 5.74) is 4.63. The summed E-state index contributed by atoms with van der Waals surface area (Å²) in [6.45, 7) is 4.22. The molecule has 0 radical (unpaired) electrons. The van der Waals surface area contributed by atoms with Gasteiger partial charge in [-0.05, 0) is 43.0 Å². The van der Waals surface area contributed by atoms with Crippen LogP contribution >= 0.6 is 11.6 Å². The van der Waals surface area contributed by atoms with E-state index in [1.807, 2.05) is 13.0 Å². The van der Waals surface area contributed by atoms with Crippen molar-refractivity contribution in [3.05, 3.63) is 69.7 Å². The molecule has 0 amide bonds. The van der Waals surface area contributed by atoms with Gasteiger partial charge in [-0.3, -0.25) is 0 Å². The Hall–Kier alpha value is -1.31. The van der Waals surface area contributed by atoms with Crippen LogP contribution in [-0.4, -0.2) is 11.7 Å². The first-order valence-electron chi connectivity index (χ1n) is 6.52. The number of aliphatic hydroxyl groups excluding tert-OH is 1. The van der Waals surface area contributed by atoms with Crippen LogP contribution in [0.25, 0.3) is 0 Å². The normalized spacial score (nSPS) is 12.4. The molecule has 0 spiro atoms. The van der Waals surface area contributed by atoms with Gasteiger partial charge in [0.2, 0.25) is 0 Å². The molecular formula is C17H19ClO. The fourth-order valence-electron chi connectivity index (χ4n) is 2.21. The zero-order valence-corrected chi connectivity index (χ0v) is 12.1. The summed E-state index contributed by atoms with van der Waals surface area (Å²) >= 11 is 6.26. The minimum Gasteiger partial charge on any atom is -0.396 e. The Bertz CT molecular complexity index is 546. The maximum Gasteiger partial charge on any atom is 0.0502 e. The van der Waals surface area contributed by atoms with E-state index in [9.17, 15) is 5.11 Å². The van der Waals surface area contributed by atoms with E-state index in [-0.39, 0.29) is 12.5 Å². The second-order valence-electron chi connectivity index (χ2n) is 5.09. The summed E-state index contributed by atoms with van der Waals surface area (Å²) in [4.78, 5) is 0. The van der Waals surface area contributed by atoms with Crippen molar-refractivity contribution in [3.8, 4) is 0 Å². The summed E-state index contributed by atoms with van der Waals surface area (Å²) < 4.78 is 0. The molecule has 0 heterocycles. The van der Waals surface area contributed by atoms with Gasteiger partial charge in [-0.25, -0.2) is 0 Å². The zero-order chi connectivity index (χ0) is 13.8. The van der Waals surface area contributed by atoms with Crippen LogP contribution in [0.2, 0.25) is 5.02 Å². The van der Waals surface area contributed by atoms with Crippen LogP contribution in [0.5, 0.6) is 0 Å². The molecule has 1 atom stereocenters. The Morgan fingerprint density at radius 3 is 2.21 bits per heavy atom. The predicted molar refractivity (Wildman–Crippen MR) is 80.9 cm³/mol. The smallest absolute Gasteiger partial charge is 0.0502 e. The molecule has 0 saturated carbocycles. The lowest BCUT2D eigenvalue weighted by Gasteiger charge is -2.16. The standard InChI is InChI=1S/C17H19ClO/c1-12-3-6-14(7-4-12)16(11-19)10-15-8-5-13(2)9-17(15)18/h3-9,16,19H,10-11H2,1-2H3. The van der Waals surface area contributed by atoms with Crippen molar-refractivity contribution in [1.82, 2.24) is 0 Å². The molecule has 100 valence electrons. The third-order valence-electron chi connectivity index (χ3n) is 3.44. The molecular weight excluding hydrogens is 256 g/mol. The quantitative estimate of drug-likeness (QED) is 0.882. The summed E-state index contributed by atoms with van der Waals surface area (Å²) in [5.74, 6) is 0.0980. The highest BCUT2D eigenvalue weighted by Crippen LogP contribution is 2.26. The van der Waals surface area contributed by atoms with Gasteiger partial charge in [-0.1, -0.05) is 53.6 Å². The maximum atomic E-state index is 9.61. The third kappa shape index (κ3) is 3.59. The fourth-order valence-corrected chi connectivity index (χ4v) is 2.52. The number of benzene rings is 2. The molecule has 0 aliphatic carbocycles. The van der Waals surface area contributed by atoms with Gasteiger partial charge in [-0.15, -0.1) is 0 Å². The molecule has 0 saturated heterocycles. The van der Waals surface area contributed by atoms with E-state index in [1.54, 1.807) is 0 Å². The molecule has 0 aliphatic rings. The Kier molecular flexibility index (Phi) is 4.62. The lowest BCUT2D eigenvalue weighted by Crippen LogP contribution is -2.08. The number of hydrogen-bond donors (Lipinski definition) is 1. The predicted octanol–water partition coefficient (Wildman–Crippen LogP) is 4.28. The lowest BCUT2D eigenvalue weighted by molar-refractivity contribution is 0.264. The number of rotatable bonds is 4. The number of aryl methyl sites for hydroxylation is 2. The Labute approximate surface area is 119 Å². The molecule has 0 aliphatic heterocycles. The Morgan fingerprint density at radius 1 is 1.00 bits per heavy atom. The van der Waals surface area contributed by atoms with Crippen molar-refractivity contribution >= 4 is 11.6 Å². The van der Waals surface area contributed by atoms with Crippen LogP contribution in [0.15, 0.2) is 42.5 Å². The SMILES string of the molecule is Cc1ccc(C(CO)Cc2ccc(C)cc2Cl)cc1. The first kappa shape index (κ1) is 14.1. The van der Waals surface area contributed by atoms with E-state index in [2.05, 4.69) is 43.3 Å². The number of aliphatic hydroxyl groups is 1. The first-order chi connectivity index (χ1) is 9.10. The summed E-state index contributed by atoms with van der Waals surface area (Å²) in [6, 6.07) is 14.4. The third-order valence-corrected chi connectivity index (χ3v) is 3.80. The summed E-state index contributed by atoms with van der Waals surface area (Å²) in [6.07, 6.45) is 0.763. The van der Waals surface area contributed by atoms with Crippen LogP contribution in [0, 0.1) is 13.8 Å². The first-order valence-corrected chi connectivity index (χ1v) is 6.90. The van der Waals surface area contributed by atoms with Crippen LogP contribution in [0.4, 0.5) is 0 Å². The van der Waals surface area contributed by atoms with Gasteiger partial charge in [0.25, 0.3) is 0 Å². The highest BCUT2D eigenvalue weighted by molar-refractivity contribution is 6.31. The molecule has 0 fully saturated rings. The molecule has 2 rings (SSSR count). The van der Waals surface area contributed by atoms with Crippen LogP contribution in [0.3, 0.4) is 0 Å². The average molecular weight is 275 g/mol. The summed E-state index contributed by atoms with van der Waals surface area (Å²) in [5, 5.41) is 10.4. The van der Waals surface area contributed by atoms with Crippen LogP contribution in [-0.2, 0) is 6.42 Å². The molecule has 2 aromatic carbocycles. The molecule has 2 aromatic rings. The average Bonchev–Trinajstić information content (AvgIpc) is 2.39. The van der Waals surface area contributed by atoms with Gasteiger partial charge in [0.05, 0.1) is 6.61 Å². The van der Waals surface area contributed by atoms with Gasteiger partial charge in [0.1, 0.15) is 0 Å². The lowest BCUT2D eigenvalue weighted by atomic mass is 9.92. The fraction of sp³-hybridized carbons (Fsp3) is 0.294. The van der Waals surface area contributed by atoms with Gasteiger partial charge in [-0.2, -0.15) is 0 Å². The van der Waals surface area contributed by atoms with E-state index < -0.39 is 0 Å². The van der Waals surface area contributed by atoms with Gasteiger partial charge >= 0.3 is 0 Å². The largest absolute Gasteiger partial charge is 0.396 e. The van der Waals surface area contributed by atoms with E-state index >= 15 is 0 Å². The number of hydrogen-bond acceptors (Lipinski definition) is 1. The van der Waals surface area contributed by atoms with Crippen molar-refractivity contribution < 1.29 is 5.11 Å². The van der Waals surface area contributed by atoms with Gasteiger partial charge in [0, 0.05) is 10.9 Å². The maximum absolute atomic E-state index is 9.61.